The molecule has 5 rings (SSSR count). The second-order valence-electron chi connectivity index (χ2n) is 9.92. The van der Waals surface area contributed by atoms with Crippen LogP contribution in [0.2, 0.25) is 0 Å². The van der Waals surface area contributed by atoms with Crippen molar-refractivity contribution in [1.82, 2.24) is 14.7 Å². The molecule has 1 atom stereocenters. The van der Waals surface area contributed by atoms with Gasteiger partial charge in [-0.05, 0) is 50.0 Å². The van der Waals surface area contributed by atoms with E-state index in [9.17, 15) is 14.4 Å². The maximum Gasteiger partial charge on any atom is 0.233 e. The Bertz CT molecular complexity index is 837. The molecule has 1 unspecified atom stereocenters. The van der Waals surface area contributed by atoms with Crippen molar-refractivity contribution in [3.05, 3.63) is 35.9 Å². The molecule has 1 saturated carbocycles. The van der Waals surface area contributed by atoms with Gasteiger partial charge in [0, 0.05) is 45.7 Å². The minimum absolute atomic E-state index is 0.122. The smallest absolute Gasteiger partial charge is 0.233 e. The number of piperidine rings is 1. The van der Waals surface area contributed by atoms with E-state index in [1.807, 2.05) is 32.9 Å². The molecule has 0 bridgehead atoms. The first-order valence-corrected chi connectivity index (χ1v) is 12.0. The van der Waals surface area contributed by atoms with Crippen LogP contribution >= 0.6 is 0 Å². The number of likely N-dealkylation sites (tertiary alicyclic amines) is 3. The summed E-state index contributed by atoms with van der Waals surface area (Å²) in [4.78, 5) is 44.3. The highest BCUT2D eigenvalue weighted by atomic mass is 16.2. The van der Waals surface area contributed by atoms with E-state index in [0.717, 1.165) is 76.8 Å². The number of rotatable bonds is 5. The second kappa shape index (κ2) is 8.29. The molecule has 1 aliphatic carbocycles. The van der Waals surface area contributed by atoms with Gasteiger partial charge in [-0.15, -0.1) is 0 Å². The Morgan fingerprint density at radius 3 is 2.26 bits per heavy atom. The summed E-state index contributed by atoms with van der Waals surface area (Å²) in [5.41, 5.74) is 0.862. The van der Waals surface area contributed by atoms with Crippen molar-refractivity contribution >= 4 is 17.7 Å². The van der Waals surface area contributed by atoms with Crippen LogP contribution < -0.4 is 0 Å². The quantitative estimate of drug-likeness (QED) is 0.731. The van der Waals surface area contributed by atoms with Crippen LogP contribution in [0.25, 0.3) is 0 Å². The maximum absolute atomic E-state index is 13.2. The largest absolute Gasteiger partial charge is 0.342 e. The Labute approximate surface area is 184 Å². The van der Waals surface area contributed by atoms with Crippen molar-refractivity contribution in [2.45, 2.75) is 50.4 Å². The summed E-state index contributed by atoms with van der Waals surface area (Å²) in [6.45, 7) is 4.55. The average molecular weight is 424 g/mol. The number of amides is 3. The third-order valence-electron chi connectivity index (χ3n) is 7.85. The van der Waals surface area contributed by atoms with Gasteiger partial charge in [0.25, 0.3) is 0 Å². The highest BCUT2D eigenvalue weighted by molar-refractivity contribution is 5.91. The first-order chi connectivity index (χ1) is 15.1. The summed E-state index contributed by atoms with van der Waals surface area (Å²) in [6, 6.07) is 10.2. The van der Waals surface area contributed by atoms with Crippen molar-refractivity contribution in [2.24, 2.45) is 11.8 Å². The molecule has 0 radical (unpaired) electrons. The number of hydrogen-bond acceptors (Lipinski definition) is 3. The summed E-state index contributed by atoms with van der Waals surface area (Å²) < 4.78 is 0. The highest BCUT2D eigenvalue weighted by Gasteiger charge is 2.53. The molecule has 0 N–H and O–H groups in total. The summed E-state index contributed by atoms with van der Waals surface area (Å²) in [6.07, 6.45) is 6.30. The molecule has 0 aromatic heterocycles. The van der Waals surface area contributed by atoms with Crippen LogP contribution in [0, 0.1) is 11.8 Å². The van der Waals surface area contributed by atoms with E-state index in [-0.39, 0.29) is 29.1 Å². The van der Waals surface area contributed by atoms with E-state index in [0.29, 0.717) is 18.9 Å². The van der Waals surface area contributed by atoms with Crippen molar-refractivity contribution < 1.29 is 14.4 Å². The molecule has 4 fully saturated rings. The fourth-order valence-corrected chi connectivity index (χ4v) is 5.75. The number of carbonyl (C=O) groups is 3. The van der Waals surface area contributed by atoms with Gasteiger partial charge in [-0.25, -0.2) is 0 Å². The predicted octanol–water partition coefficient (Wildman–Crippen LogP) is 2.43. The minimum atomic E-state index is -0.290. The van der Waals surface area contributed by atoms with Crippen LogP contribution in [0.3, 0.4) is 0 Å². The Morgan fingerprint density at radius 2 is 1.61 bits per heavy atom. The maximum atomic E-state index is 13.2. The van der Waals surface area contributed by atoms with Crippen LogP contribution in [0.1, 0.15) is 50.5 Å². The minimum Gasteiger partial charge on any atom is -0.342 e. The molecule has 0 spiro atoms. The van der Waals surface area contributed by atoms with E-state index in [1.54, 1.807) is 0 Å². The van der Waals surface area contributed by atoms with Crippen molar-refractivity contribution in [2.75, 3.05) is 39.3 Å². The molecular weight excluding hydrogens is 390 g/mol. The second-order valence-corrected chi connectivity index (χ2v) is 9.92. The van der Waals surface area contributed by atoms with E-state index in [4.69, 9.17) is 0 Å². The summed E-state index contributed by atoms with van der Waals surface area (Å²) >= 11 is 0. The zero-order chi connectivity index (χ0) is 21.4. The molecule has 31 heavy (non-hydrogen) atoms. The third-order valence-corrected chi connectivity index (χ3v) is 7.85. The van der Waals surface area contributed by atoms with Gasteiger partial charge in [-0.1, -0.05) is 30.3 Å². The fourth-order valence-electron chi connectivity index (χ4n) is 5.75. The number of hydrogen-bond donors (Lipinski definition) is 0. The lowest BCUT2D eigenvalue weighted by Gasteiger charge is -2.36. The number of nitrogens with zero attached hydrogens (tertiary/aromatic N) is 3. The monoisotopic (exact) mass is 423 g/mol. The molecule has 6 nitrogen and oxygen atoms in total. The first-order valence-electron chi connectivity index (χ1n) is 12.0. The molecule has 3 saturated heterocycles. The van der Waals surface area contributed by atoms with E-state index < -0.39 is 0 Å². The normalized spacial score (nSPS) is 25.9. The standard InChI is InChI=1S/C25H33N3O3/c29-22-16-20(23(30)26-12-4-5-13-26)18-28(22)17-19-8-14-27(15-9-19)24(31)25(10-11-25)21-6-2-1-3-7-21/h1-3,6-7,19-20H,4-5,8-18H2. The zero-order valence-corrected chi connectivity index (χ0v) is 18.3. The molecule has 3 aliphatic heterocycles. The van der Waals surface area contributed by atoms with Crippen LogP contribution in [0.5, 0.6) is 0 Å². The summed E-state index contributed by atoms with van der Waals surface area (Å²) in [5, 5.41) is 0. The molecule has 166 valence electrons. The van der Waals surface area contributed by atoms with E-state index >= 15 is 0 Å². The molecule has 4 aliphatic rings. The van der Waals surface area contributed by atoms with Gasteiger partial charge in [0.15, 0.2) is 0 Å². The molecule has 3 heterocycles. The van der Waals surface area contributed by atoms with Gasteiger partial charge in [-0.2, -0.15) is 0 Å². The van der Waals surface area contributed by atoms with Crippen LogP contribution in [0.4, 0.5) is 0 Å². The van der Waals surface area contributed by atoms with Crippen LogP contribution in [-0.2, 0) is 19.8 Å². The number of benzene rings is 1. The summed E-state index contributed by atoms with van der Waals surface area (Å²) in [5.74, 6) is 0.834. The lowest BCUT2D eigenvalue weighted by Crippen LogP contribution is -2.46. The summed E-state index contributed by atoms with van der Waals surface area (Å²) in [7, 11) is 0. The molecule has 6 heteroatoms. The van der Waals surface area contributed by atoms with Gasteiger partial charge in [-0.3, -0.25) is 14.4 Å². The van der Waals surface area contributed by atoms with Crippen molar-refractivity contribution in [3.8, 4) is 0 Å². The highest BCUT2D eigenvalue weighted by Crippen LogP contribution is 2.50. The molecular formula is C25H33N3O3. The Hall–Kier alpha value is -2.37. The third kappa shape index (κ3) is 3.97. The Kier molecular flexibility index (Phi) is 5.49. The van der Waals surface area contributed by atoms with E-state index in [1.165, 1.54) is 0 Å². The predicted molar refractivity (Wildman–Crippen MR) is 117 cm³/mol. The Balaban J connectivity index is 1.12. The Morgan fingerprint density at radius 1 is 0.935 bits per heavy atom. The number of carbonyl (C=O) groups excluding carboxylic acids is 3. The van der Waals surface area contributed by atoms with E-state index in [2.05, 4.69) is 12.1 Å². The molecule has 1 aromatic carbocycles. The lowest BCUT2D eigenvalue weighted by atomic mass is 9.91. The van der Waals surface area contributed by atoms with Gasteiger partial charge < -0.3 is 14.7 Å². The lowest BCUT2D eigenvalue weighted by molar-refractivity contribution is -0.136. The van der Waals surface area contributed by atoms with Gasteiger partial charge in [0.05, 0.1) is 11.3 Å². The van der Waals surface area contributed by atoms with Gasteiger partial charge >= 0.3 is 0 Å². The van der Waals surface area contributed by atoms with Crippen molar-refractivity contribution in [1.29, 1.82) is 0 Å². The molecule has 1 aromatic rings. The topological polar surface area (TPSA) is 60.9 Å². The van der Waals surface area contributed by atoms with Crippen molar-refractivity contribution in [3.63, 3.8) is 0 Å². The van der Waals surface area contributed by atoms with Gasteiger partial charge in [0.1, 0.15) is 0 Å². The average Bonchev–Trinajstić information content (AvgIpc) is 3.26. The van der Waals surface area contributed by atoms with Gasteiger partial charge in [0.2, 0.25) is 17.7 Å². The fraction of sp³-hybridized carbons (Fsp3) is 0.640. The van der Waals surface area contributed by atoms with Crippen LogP contribution in [-0.4, -0.2) is 71.7 Å². The first kappa shape index (κ1) is 20.5. The zero-order valence-electron chi connectivity index (χ0n) is 18.3. The molecule has 3 amide bonds. The van der Waals surface area contributed by atoms with Crippen LogP contribution in [0.15, 0.2) is 30.3 Å². The SMILES string of the molecule is O=C1CC(C(=O)N2CCCC2)CN1CC1CCN(C(=O)C2(c3ccccc3)CC2)CC1.